The normalized spacial score (nSPS) is 19.5. The van der Waals surface area contributed by atoms with Gasteiger partial charge in [-0.3, -0.25) is 9.59 Å². The van der Waals surface area contributed by atoms with Gasteiger partial charge in [0.05, 0.1) is 5.92 Å². The van der Waals surface area contributed by atoms with Crippen LogP contribution in [0.25, 0.3) is 0 Å². The molecular formula is C11H22ClN3O2. The monoisotopic (exact) mass is 263 g/mol. The maximum absolute atomic E-state index is 11.7. The lowest BCUT2D eigenvalue weighted by Gasteiger charge is -2.27. The minimum atomic E-state index is -0.328. The summed E-state index contributed by atoms with van der Waals surface area (Å²) in [4.78, 5) is 22.7. The van der Waals surface area contributed by atoms with Gasteiger partial charge in [-0.05, 0) is 12.8 Å². The molecule has 1 heterocycles. The lowest BCUT2D eigenvalue weighted by molar-refractivity contribution is -0.126. The predicted octanol–water partition coefficient (Wildman–Crippen LogP) is 0.178. The summed E-state index contributed by atoms with van der Waals surface area (Å²) in [5, 5.41) is 5.48. The number of amides is 2. The molecule has 1 aliphatic rings. The highest BCUT2D eigenvalue weighted by molar-refractivity contribution is 5.89. The summed E-state index contributed by atoms with van der Waals surface area (Å²) in [6, 6.07) is 0. The fourth-order valence-electron chi connectivity index (χ4n) is 1.70. The Morgan fingerprint density at radius 1 is 1.53 bits per heavy atom. The number of nitrogens with two attached hydrogens (primary N) is 1. The van der Waals surface area contributed by atoms with Gasteiger partial charge in [0, 0.05) is 25.0 Å². The number of carbonyl (C=O) groups excluding carboxylic acids is 2. The van der Waals surface area contributed by atoms with Crippen LogP contribution in [-0.2, 0) is 9.59 Å². The third kappa shape index (κ3) is 4.52. The van der Waals surface area contributed by atoms with Crippen molar-refractivity contribution in [3.63, 3.8) is 0 Å². The molecule has 1 atom stereocenters. The zero-order valence-corrected chi connectivity index (χ0v) is 11.2. The molecule has 17 heavy (non-hydrogen) atoms. The second-order valence-corrected chi connectivity index (χ2v) is 4.49. The number of carbonyl (C=O) groups is 2. The van der Waals surface area contributed by atoms with Gasteiger partial charge in [-0.2, -0.15) is 0 Å². The molecule has 0 bridgehead atoms. The standard InChI is InChI=1S/C11H21N3O2.ClH/c1-3-11(12,4-2)7-14-10(16)8-5-9(15)13-6-8;/h8H,3-7,12H2,1-2H3,(H,13,15)(H,14,16);1H. The Hall–Kier alpha value is -0.810. The third-order valence-corrected chi connectivity index (χ3v) is 3.37. The molecule has 1 unspecified atom stereocenters. The fourth-order valence-corrected chi connectivity index (χ4v) is 1.70. The van der Waals surface area contributed by atoms with Crippen molar-refractivity contribution in [1.29, 1.82) is 0 Å². The van der Waals surface area contributed by atoms with Crippen LogP contribution in [0.2, 0.25) is 0 Å². The summed E-state index contributed by atoms with van der Waals surface area (Å²) in [6.45, 7) is 4.94. The Balaban J connectivity index is 0.00000256. The second kappa shape index (κ2) is 6.81. The molecule has 0 aromatic rings. The van der Waals surface area contributed by atoms with Gasteiger partial charge in [-0.15, -0.1) is 12.4 Å². The maximum atomic E-state index is 11.7. The van der Waals surface area contributed by atoms with Crippen molar-refractivity contribution in [2.75, 3.05) is 13.1 Å². The summed E-state index contributed by atoms with van der Waals surface area (Å²) in [5.41, 5.74) is 5.75. The molecule has 0 aliphatic carbocycles. The average Bonchev–Trinajstić information content (AvgIpc) is 2.72. The Kier molecular flexibility index (Phi) is 6.49. The van der Waals surface area contributed by atoms with E-state index in [4.69, 9.17) is 5.73 Å². The minimum Gasteiger partial charge on any atom is -0.355 e. The van der Waals surface area contributed by atoms with Crippen LogP contribution in [0.15, 0.2) is 0 Å². The summed E-state index contributed by atoms with van der Waals surface area (Å²) in [7, 11) is 0. The lowest BCUT2D eigenvalue weighted by Crippen LogP contribution is -2.50. The Morgan fingerprint density at radius 2 is 2.12 bits per heavy atom. The van der Waals surface area contributed by atoms with Gasteiger partial charge in [-0.1, -0.05) is 13.8 Å². The molecule has 1 aliphatic heterocycles. The zero-order chi connectivity index (χ0) is 12.2. The Labute approximate surface area is 108 Å². The average molecular weight is 264 g/mol. The number of halogens is 1. The van der Waals surface area contributed by atoms with E-state index in [1.807, 2.05) is 13.8 Å². The summed E-state index contributed by atoms with van der Waals surface area (Å²) >= 11 is 0. The molecule has 1 fully saturated rings. The van der Waals surface area contributed by atoms with Gasteiger partial charge >= 0.3 is 0 Å². The van der Waals surface area contributed by atoms with Crippen LogP contribution >= 0.6 is 12.4 Å². The molecule has 0 aromatic heterocycles. The van der Waals surface area contributed by atoms with Gasteiger partial charge in [-0.25, -0.2) is 0 Å². The van der Waals surface area contributed by atoms with Crippen LogP contribution < -0.4 is 16.4 Å². The van der Waals surface area contributed by atoms with Crippen molar-refractivity contribution in [2.24, 2.45) is 11.7 Å². The van der Waals surface area contributed by atoms with Crippen molar-refractivity contribution in [3.05, 3.63) is 0 Å². The van der Waals surface area contributed by atoms with Crippen LogP contribution in [0.1, 0.15) is 33.1 Å². The molecule has 100 valence electrons. The quantitative estimate of drug-likeness (QED) is 0.662. The van der Waals surface area contributed by atoms with E-state index in [1.54, 1.807) is 0 Å². The number of hydrogen-bond acceptors (Lipinski definition) is 3. The van der Waals surface area contributed by atoms with E-state index in [-0.39, 0.29) is 35.7 Å². The molecule has 0 radical (unpaired) electrons. The van der Waals surface area contributed by atoms with E-state index >= 15 is 0 Å². The van der Waals surface area contributed by atoms with Crippen LogP contribution in [0.3, 0.4) is 0 Å². The lowest BCUT2D eigenvalue weighted by atomic mass is 9.94. The highest BCUT2D eigenvalue weighted by Crippen LogP contribution is 2.12. The van der Waals surface area contributed by atoms with Crippen molar-refractivity contribution in [1.82, 2.24) is 10.6 Å². The molecule has 2 amide bonds. The third-order valence-electron chi connectivity index (χ3n) is 3.37. The summed E-state index contributed by atoms with van der Waals surface area (Å²) < 4.78 is 0. The van der Waals surface area contributed by atoms with Crippen LogP contribution in [-0.4, -0.2) is 30.4 Å². The largest absolute Gasteiger partial charge is 0.355 e. The maximum Gasteiger partial charge on any atom is 0.225 e. The molecule has 6 heteroatoms. The Morgan fingerprint density at radius 3 is 2.53 bits per heavy atom. The first-order chi connectivity index (χ1) is 7.50. The van der Waals surface area contributed by atoms with E-state index < -0.39 is 0 Å². The predicted molar refractivity (Wildman–Crippen MR) is 68.9 cm³/mol. The van der Waals surface area contributed by atoms with Gasteiger partial charge in [0.25, 0.3) is 0 Å². The second-order valence-electron chi connectivity index (χ2n) is 4.49. The van der Waals surface area contributed by atoms with Crippen LogP contribution in [0.4, 0.5) is 0 Å². The molecule has 1 saturated heterocycles. The molecule has 0 saturated carbocycles. The van der Waals surface area contributed by atoms with Crippen molar-refractivity contribution >= 4 is 24.2 Å². The van der Waals surface area contributed by atoms with E-state index in [9.17, 15) is 9.59 Å². The van der Waals surface area contributed by atoms with Crippen LogP contribution in [0.5, 0.6) is 0 Å². The molecule has 5 nitrogen and oxygen atoms in total. The van der Waals surface area contributed by atoms with E-state index in [1.165, 1.54) is 0 Å². The number of hydrogen-bond donors (Lipinski definition) is 3. The number of rotatable bonds is 5. The van der Waals surface area contributed by atoms with Gasteiger partial charge < -0.3 is 16.4 Å². The molecule has 1 rings (SSSR count). The first kappa shape index (κ1) is 16.2. The van der Waals surface area contributed by atoms with Crippen molar-refractivity contribution in [3.8, 4) is 0 Å². The summed E-state index contributed by atoms with van der Waals surface area (Å²) in [6.07, 6.45) is 1.94. The van der Waals surface area contributed by atoms with Gasteiger partial charge in [0.15, 0.2) is 0 Å². The molecular weight excluding hydrogens is 242 g/mol. The number of nitrogens with one attached hydrogen (secondary N) is 2. The first-order valence-electron chi connectivity index (χ1n) is 5.84. The van der Waals surface area contributed by atoms with E-state index in [2.05, 4.69) is 10.6 Å². The topological polar surface area (TPSA) is 84.2 Å². The first-order valence-corrected chi connectivity index (χ1v) is 5.84. The zero-order valence-electron chi connectivity index (χ0n) is 10.4. The molecule has 4 N–H and O–H groups in total. The summed E-state index contributed by atoms with van der Waals surface area (Å²) in [5.74, 6) is -0.356. The van der Waals surface area contributed by atoms with Crippen molar-refractivity contribution < 1.29 is 9.59 Å². The fraction of sp³-hybridized carbons (Fsp3) is 0.818. The van der Waals surface area contributed by atoms with Crippen molar-refractivity contribution in [2.45, 2.75) is 38.6 Å². The molecule has 0 aromatic carbocycles. The highest BCUT2D eigenvalue weighted by atomic mass is 35.5. The smallest absolute Gasteiger partial charge is 0.225 e. The van der Waals surface area contributed by atoms with Gasteiger partial charge in [0.1, 0.15) is 0 Å². The van der Waals surface area contributed by atoms with Gasteiger partial charge in [0.2, 0.25) is 11.8 Å². The Bertz CT molecular complexity index is 280. The van der Waals surface area contributed by atoms with Crippen LogP contribution in [0, 0.1) is 5.92 Å². The minimum absolute atomic E-state index is 0. The SMILES string of the molecule is CCC(N)(CC)CNC(=O)C1CNC(=O)C1.Cl. The van der Waals surface area contributed by atoms with E-state index in [0.717, 1.165) is 12.8 Å². The van der Waals surface area contributed by atoms with E-state index in [0.29, 0.717) is 19.5 Å². The highest BCUT2D eigenvalue weighted by Gasteiger charge is 2.29. The molecule has 0 spiro atoms.